The summed E-state index contributed by atoms with van der Waals surface area (Å²) < 4.78 is 0. The predicted octanol–water partition coefficient (Wildman–Crippen LogP) is 0.410. The molecule has 0 aliphatic rings. The number of nitrogens with zero attached hydrogens (tertiary/aromatic N) is 5. The lowest BCUT2D eigenvalue weighted by atomic mass is 10.3. The zero-order valence-corrected chi connectivity index (χ0v) is 9.83. The largest absolute Gasteiger partial charge is 0.350 e. The Kier molecular flexibility index (Phi) is 4.77. The molecule has 0 amide bonds. The second-order valence-corrected chi connectivity index (χ2v) is 3.29. The molecule has 0 unspecified atom stereocenters. The number of hydrazine groups is 1. The first-order valence-electron chi connectivity index (χ1n) is 5.24. The molecule has 9 nitrogen and oxygen atoms in total. The van der Waals surface area contributed by atoms with Gasteiger partial charge in [-0.3, -0.25) is 15.5 Å². The van der Waals surface area contributed by atoms with Crippen molar-refractivity contribution in [3.8, 4) is 6.07 Å². The minimum Gasteiger partial charge on any atom is -0.350 e. The Morgan fingerprint density at radius 1 is 1.72 bits per heavy atom. The van der Waals surface area contributed by atoms with Crippen LogP contribution in [0.25, 0.3) is 0 Å². The molecule has 0 aliphatic carbocycles. The standard InChI is InChI=1S/C9H13N7O2/c1-2-15(5-3-4-10)8-7(16(17)18)6-12-9(13-8)14-11/h6H,2-3,5,11H2,1H3,(H,12,13,14). The van der Waals surface area contributed by atoms with Crippen LogP contribution in [0.2, 0.25) is 0 Å². The number of nitrogen functional groups attached to an aromatic ring is 1. The summed E-state index contributed by atoms with van der Waals surface area (Å²) in [5.74, 6) is 5.41. The van der Waals surface area contributed by atoms with E-state index in [9.17, 15) is 10.1 Å². The molecule has 3 N–H and O–H groups in total. The van der Waals surface area contributed by atoms with Crippen LogP contribution >= 0.6 is 0 Å². The summed E-state index contributed by atoms with van der Waals surface area (Å²) >= 11 is 0. The van der Waals surface area contributed by atoms with E-state index in [0.29, 0.717) is 13.1 Å². The van der Waals surface area contributed by atoms with Crippen molar-refractivity contribution in [1.82, 2.24) is 9.97 Å². The summed E-state index contributed by atoms with van der Waals surface area (Å²) in [4.78, 5) is 19.6. The SMILES string of the molecule is CCN(CCC#N)c1nc(NN)ncc1[N+](=O)[O-]. The summed E-state index contributed by atoms with van der Waals surface area (Å²) in [5, 5.41) is 19.5. The molecule has 1 aromatic heterocycles. The van der Waals surface area contributed by atoms with Crippen molar-refractivity contribution in [3.63, 3.8) is 0 Å². The number of rotatable bonds is 6. The van der Waals surface area contributed by atoms with Crippen molar-refractivity contribution in [3.05, 3.63) is 16.3 Å². The lowest BCUT2D eigenvalue weighted by molar-refractivity contribution is -0.384. The third kappa shape index (κ3) is 3.02. The Morgan fingerprint density at radius 2 is 2.44 bits per heavy atom. The molecule has 1 rings (SSSR count). The van der Waals surface area contributed by atoms with Gasteiger partial charge >= 0.3 is 5.69 Å². The number of aromatic nitrogens is 2. The summed E-state index contributed by atoms with van der Waals surface area (Å²) in [6, 6.07) is 1.98. The Bertz CT molecular complexity index is 470. The molecular weight excluding hydrogens is 238 g/mol. The van der Waals surface area contributed by atoms with Crippen LogP contribution in [0, 0.1) is 21.4 Å². The summed E-state index contributed by atoms with van der Waals surface area (Å²) in [6.45, 7) is 2.66. The maximum absolute atomic E-state index is 10.9. The van der Waals surface area contributed by atoms with Crippen LogP contribution in [0.3, 0.4) is 0 Å². The highest BCUT2D eigenvalue weighted by molar-refractivity contribution is 5.58. The monoisotopic (exact) mass is 251 g/mol. The molecule has 0 aromatic carbocycles. The first-order valence-corrected chi connectivity index (χ1v) is 5.24. The molecule has 0 saturated carbocycles. The number of nitriles is 1. The molecule has 0 fully saturated rings. The zero-order valence-electron chi connectivity index (χ0n) is 9.83. The van der Waals surface area contributed by atoms with Crippen LogP contribution in [0.15, 0.2) is 6.20 Å². The molecule has 0 atom stereocenters. The summed E-state index contributed by atoms with van der Waals surface area (Å²) in [5.41, 5.74) is 2.02. The number of hydrogen-bond donors (Lipinski definition) is 2. The molecule has 1 heterocycles. The smallest absolute Gasteiger partial charge is 0.329 e. The second-order valence-electron chi connectivity index (χ2n) is 3.29. The van der Waals surface area contributed by atoms with Crippen molar-refractivity contribution in [2.75, 3.05) is 23.4 Å². The van der Waals surface area contributed by atoms with Crippen molar-refractivity contribution >= 4 is 17.5 Å². The minimum atomic E-state index is -0.565. The van der Waals surface area contributed by atoms with Crippen LogP contribution in [-0.4, -0.2) is 28.0 Å². The fraction of sp³-hybridized carbons (Fsp3) is 0.444. The predicted molar refractivity (Wildman–Crippen MR) is 64.6 cm³/mol. The van der Waals surface area contributed by atoms with Crippen LogP contribution in [0.5, 0.6) is 0 Å². The van der Waals surface area contributed by atoms with E-state index in [4.69, 9.17) is 11.1 Å². The van der Waals surface area contributed by atoms with E-state index < -0.39 is 4.92 Å². The zero-order chi connectivity index (χ0) is 13.5. The van der Waals surface area contributed by atoms with E-state index in [1.165, 1.54) is 0 Å². The highest BCUT2D eigenvalue weighted by Crippen LogP contribution is 2.25. The minimum absolute atomic E-state index is 0.0889. The van der Waals surface area contributed by atoms with Crippen LogP contribution in [0.4, 0.5) is 17.5 Å². The molecule has 96 valence electrons. The van der Waals surface area contributed by atoms with Gasteiger partial charge in [-0.25, -0.2) is 10.8 Å². The van der Waals surface area contributed by atoms with Crippen LogP contribution < -0.4 is 16.2 Å². The van der Waals surface area contributed by atoms with E-state index in [1.54, 1.807) is 4.90 Å². The number of nitro groups is 1. The van der Waals surface area contributed by atoms with E-state index in [-0.39, 0.29) is 23.9 Å². The van der Waals surface area contributed by atoms with Crippen molar-refractivity contribution < 1.29 is 4.92 Å². The van der Waals surface area contributed by atoms with Crippen molar-refractivity contribution in [1.29, 1.82) is 5.26 Å². The maximum atomic E-state index is 10.9. The average molecular weight is 251 g/mol. The molecule has 9 heteroatoms. The van der Waals surface area contributed by atoms with Gasteiger partial charge in [-0.2, -0.15) is 10.2 Å². The highest BCUT2D eigenvalue weighted by atomic mass is 16.6. The van der Waals surface area contributed by atoms with Gasteiger partial charge < -0.3 is 4.90 Å². The maximum Gasteiger partial charge on any atom is 0.329 e. The van der Waals surface area contributed by atoms with E-state index >= 15 is 0 Å². The number of nitrogens with one attached hydrogen (secondary N) is 1. The van der Waals surface area contributed by atoms with Gasteiger partial charge in [0, 0.05) is 13.1 Å². The Labute approximate surface area is 103 Å². The van der Waals surface area contributed by atoms with Crippen molar-refractivity contribution in [2.45, 2.75) is 13.3 Å². The molecule has 0 aliphatic heterocycles. The Morgan fingerprint density at radius 3 is 2.94 bits per heavy atom. The lowest BCUT2D eigenvalue weighted by Crippen LogP contribution is -2.26. The normalized spacial score (nSPS) is 9.61. The number of nitrogens with two attached hydrogens (primary N) is 1. The van der Waals surface area contributed by atoms with E-state index in [2.05, 4.69) is 15.4 Å². The quantitative estimate of drug-likeness (QED) is 0.421. The lowest BCUT2D eigenvalue weighted by Gasteiger charge is -2.20. The van der Waals surface area contributed by atoms with E-state index in [0.717, 1.165) is 6.20 Å². The van der Waals surface area contributed by atoms with Gasteiger partial charge in [-0.1, -0.05) is 0 Å². The van der Waals surface area contributed by atoms with E-state index in [1.807, 2.05) is 13.0 Å². The molecule has 0 radical (unpaired) electrons. The van der Waals surface area contributed by atoms with Gasteiger partial charge in [0.15, 0.2) is 0 Å². The molecule has 18 heavy (non-hydrogen) atoms. The molecule has 1 aromatic rings. The van der Waals surface area contributed by atoms with Gasteiger partial charge in [0.05, 0.1) is 17.4 Å². The first kappa shape index (κ1) is 13.6. The Hall–Kier alpha value is -2.47. The van der Waals surface area contributed by atoms with Gasteiger partial charge in [-0.05, 0) is 6.92 Å². The topological polar surface area (TPSA) is 134 Å². The van der Waals surface area contributed by atoms with Crippen LogP contribution in [0.1, 0.15) is 13.3 Å². The van der Waals surface area contributed by atoms with Gasteiger partial charge in [0.2, 0.25) is 11.8 Å². The second kappa shape index (κ2) is 6.31. The van der Waals surface area contributed by atoms with Gasteiger partial charge in [0.25, 0.3) is 0 Å². The summed E-state index contributed by atoms with van der Waals surface area (Å²) in [7, 11) is 0. The molecule has 0 bridgehead atoms. The highest BCUT2D eigenvalue weighted by Gasteiger charge is 2.21. The third-order valence-electron chi connectivity index (χ3n) is 2.25. The molecule has 0 spiro atoms. The fourth-order valence-electron chi connectivity index (χ4n) is 1.40. The first-order chi connectivity index (χ1) is 8.63. The third-order valence-corrected chi connectivity index (χ3v) is 2.25. The van der Waals surface area contributed by atoms with Gasteiger partial charge in [-0.15, -0.1) is 0 Å². The van der Waals surface area contributed by atoms with Crippen LogP contribution in [-0.2, 0) is 0 Å². The average Bonchev–Trinajstić information content (AvgIpc) is 2.39. The molecule has 0 saturated heterocycles. The number of anilines is 2. The number of hydrogen-bond acceptors (Lipinski definition) is 8. The summed E-state index contributed by atoms with van der Waals surface area (Å²) in [6.07, 6.45) is 1.34. The van der Waals surface area contributed by atoms with Gasteiger partial charge in [0.1, 0.15) is 6.20 Å². The molecular formula is C9H13N7O2. The Balaban J connectivity index is 3.16. The van der Waals surface area contributed by atoms with Crippen molar-refractivity contribution in [2.24, 2.45) is 5.84 Å². The fourth-order valence-corrected chi connectivity index (χ4v) is 1.40.